The first-order valence-corrected chi connectivity index (χ1v) is 9.85. The molecule has 30 heavy (non-hydrogen) atoms. The van der Waals surface area contributed by atoms with Gasteiger partial charge in [0.1, 0.15) is 11.4 Å². The van der Waals surface area contributed by atoms with Gasteiger partial charge in [-0.2, -0.15) is 0 Å². The van der Waals surface area contributed by atoms with Crippen LogP contribution in [0.15, 0.2) is 36.5 Å². The van der Waals surface area contributed by atoms with Crippen LogP contribution in [0.2, 0.25) is 0 Å². The minimum absolute atomic E-state index is 0.0123. The van der Waals surface area contributed by atoms with Crippen molar-refractivity contribution in [3.8, 4) is 11.3 Å². The van der Waals surface area contributed by atoms with Gasteiger partial charge in [-0.15, -0.1) is 5.10 Å². The molecule has 2 aromatic heterocycles. The van der Waals surface area contributed by atoms with Crippen molar-refractivity contribution in [1.82, 2.24) is 14.6 Å². The van der Waals surface area contributed by atoms with Gasteiger partial charge in [-0.05, 0) is 63.8 Å². The first-order valence-electron chi connectivity index (χ1n) is 9.85. The summed E-state index contributed by atoms with van der Waals surface area (Å²) >= 11 is 0. The average Bonchev–Trinajstić information content (AvgIpc) is 3.41. The highest BCUT2D eigenvalue weighted by Gasteiger charge is 2.31. The van der Waals surface area contributed by atoms with Crippen molar-refractivity contribution >= 4 is 23.8 Å². The summed E-state index contributed by atoms with van der Waals surface area (Å²) in [6.45, 7) is 5.99. The summed E-state index contributed by atoms with van der Waals surface area (Å²) in [4.78, 5) is 29.6. The number of carbonyl (C=O) groups is 2. The number of benzene rings is 1. The number of anilines is 1. The molecule has 0 saturated heterocycles. The van der Waals surface area contributed by atoms with E-state index in [1.807, 2.05) is 20.8 Å². The van der Waals surface area contributed by atoms with Crippen LogP contribution in [-0.2, 0) is 4.74 Å². The predicted octanol–water partition coefficient (Wildman–Crippen LogP) is 4.50. The zero-order valence-electron chi connectivity index (χ0n) is 17.1. The van der Waals surface area contributed by atoms with E-state index in [-0.39, 0.29) is 5.56 Å². The lowest BCUT2D eigenvalue weighted by Crippen LogP contribution is -2.38. The molecule has 0 radical (unpaired) electrons. The van der Waals surface area contributed by atoms with Gasteiger partial charge in [0.05, 0.1) is 17.5 Å². The van der Waals surface area contributed by atoms with E-state index in [9.17, 15) is 14.0 Å². The molecule has 156 valence electrons. The largest absolute Gasteiger partial charge is 0.443 e. The van der Waals surface area contributed by atoms with Gasteiger partial charge in [0.15, 0.2) is 17.8 Å². The molecule has 3 aromatic rings. The lowest BCUT2D eigenvalue weighted by molar-refractivity contribution is 0.0577. The highest BCUT2D eigenvalue weighted by molar-refractivity contribution is 5.87. The molecule has 1 fully saturated rings. The van der Waals surface area contributed by atoms with Gasteiger partial charge >= 0.3 is 6.09 Å². The Bertz CT molecular complexity index is 1120. The van der Waals surface area contributed by atoms with E-state index in [0.29, 0.717) is 41.5 Å². The van der Waals surface area contributed by atoms with E-state index < -0.39 is 17.5 Å². The Morgan fingerprint density at radius 1 is 1.30 bits per heavy atom. The van der Waals surface area contributed by atoms with Crippen molar-refractivity contribution in [2.24, 2.45) is 5.92 Å². The maximum absolute atomic E-state index is 14.1. The van der Waals surface area contributed by atoms with Gasteiger partial charge < -0.3 is 4.74 Å². The van der Waals surface area contributed by atoms with E-state index in [1.165, 1.54) is 12.1 Å². The molecular formula is C22H23FN4O3. The number of nitrogens with zero attached hydrogens (tertiary/aromatic N) is 4. The molecule has 0 N–H and O–H groups in total. The minimum Gasteiger partial charge on any atom is -0.443 e. The molecule has 0 aliphatic heterocycles. The normalized spacial score (nSPS) is 14.0. The van der Waals surface area contributed by atoms with Gasteiger partial charge in [0.25, 0.3) is 0 Å². The second kappa shape index (κ2) is 7.51. The monoisotopic (exact) mass is 410 g/mol. The third kappa shape index (κ3) is 4.17. The van der Waals surface area contributed by atoms with Crippen LogP contribution in [0.3, 0.4) is 0 Å². The van der Waals surface area contributed by atoms with Crippen molar-refractivity contribution in [2.45, 2.75) is 39.2 Å². The fourth-order valence-corrected chi connectivity index (χ4v) is 3.12. The zero-order chi connectivity index (χ0) is 21.5. The Balaban J connectivity index is 1.74. The van der Waals surface area contributed by atoms with Crippen molar-refractivity contribution in [2.75, 3.05) is 11.4 Å². The molecule has 1 amide bonds. The van der Waals surface area contributed by atoms with Crippen molar-refractivity contribution in [3.63, 3.8) is 0 Å². The highest BCUT2D eigenvalue weighted by Crippen LogP contribution is 2.32. The SMILES string of the molecule is CC(C)(C)OC(=O)N(CC1CC1)c1ccc2ncc(-c3ccc(C=O)c(F)c3)n2n1. The third-order valence-corrected chi connectivity index (χ3v) is 4.80. The average molecular weight is 410 g/mol. The number of imidazole rings is 1. The van der Waals surface area contributed by atoms with Crippen molar-refractivity contribution < 1.29 is 18.7 Å². The molecule has 1 saturated carbocycles. The number of ether oxygens (including phenoxy) is 1. The van der Waals surface area contributed by atoms with Crippen LogP contribution in [0.4, 0.5) is 15.0 Å². The Morgan fingerprint density at radius 2 is 2.07 bits per heavy atom. The number of aldehydes is 1. The van der Waals surface area contributed by atoms with E-state index in [1.54, 1.807) is 33.8 Å². The van der Waals surface area contributed by atoms with E-state index in [0.717, 1.165) is 12.8 Å². The molecule has 0 bridgehead atoms. The number of aromatic nitrogens is 3. The van der Waals surface area contributed by atoms with Crippen molar-refractivity contribution in [3.05, 3.63) is 47.9 Å². The lowest BCUT2D eigenvalue weighted by atomic mass is 10.1. The summed E-state index contributed by atoms with van der Waals surface area (Å²) < 4.78 is 21.2. The smallest absolute Gasteiger partial charge is 0.416 e. The number of rotatable bonds is 5. The standard InChI is InChI=1S/C22H23FN4O3/c1-22(2,3)30-21(29)26(12-14-4-5-14)20-9-8-19-24-11-18(27(19)25-20)15-6-7-16(13-28)17(23)10-15/h6-11,13-14H,4-5,12H2,1-3H3. The molecule has 1 aliphatic rings. The molecule has 2 heterocycles. The maximum Gasteiger partial charge on any atom is 0.416 e. The molecule has 0 unspecified atom stereocenters. The fraction of sp³-hybridized carbons (Fsp3) is 0.364. The Hall–Kier alpha value is -3.29. The molecule has 8 heteroatoms. The van der Waals surface area contributed by atoms with Crippen LogP contribution in [0.25, 0.3) is 16.9 Å². The summed E-state index contributed by atoms with van der Waals surface area (Å²) in [5.74, 6) is 0.257. The maximum atomic E-state index is 14.1. The second-order valence-electron chi connectivity index (χ2n) is 8.49. The Labute approximate surface area is 173 Å². The number of hydrogen-bond donors (Lipinski definition) is 0. The summed E-state index contributed by atoms with van der Waals surface area (Å²) in [6.07, 6.45) is 3.74. The van der Waals surface area contributed by atoms with E-state index in [4.69, 9.17) is 4.74 Å². The Morgan fingerprint density at radius 3 is 2.70 bits per heavy atom. The van der Waals surface area contributed by atoms with Crippen LogP contribution in [0.1, 0.15) is 44.0 Å². The van der Waals surface area contributed by atoms with Crippen LogP contribution >= 0.6 is 0 Å². The first-order chi connectivity index (χ1) is 14.2. The topological polar surface area (TPSA) is 76.8 Å². The molecular weight excluding hydrogens is 387 g/mol. The summed E-state index contributed by atoms with van der Waals surface area (Å²) in [6, 6.07) is 7.82. The van der Waals surface area contributed by atoms with Gasteiger partial charge in [0, 0.05) is 12.1 Å². The van der Waals surface area contributed by atoms with Crippen LogP contribution in [-0.4, -0.2) is 39.1 Å². The van der Waals surface area contributed by atoms with Gasteiger partial charge in [0.2, 0.25) is 0 Å². The van der Waals surface area contributed by atoms with E-state index in [2.05, 4.69) is 10.1 Å². The summed E-state index contributed by atoms with van der Waals surface area (Å²) in [5, 5.41) is 4.60. The highest BCUT2D eigenvalue weighted by atomic mass is 19.1. The Kier molecular flexibility index (Phi) is 5.01. The van der Waals surface area contributed by atoms with Crippen LogP contribution in [0, 0.1) is 11.7 Å². The molecule has 0 atom stereocenters. The molecule has 1 aliphatic carbocycles. The summed E-state index contributed by atoms with van der Waals surface area (Å²) in [5.41, 5.74) is 1.01. The fourth-order valence-electron chi connectivity index (χ4n) is 3.12. The minimum atomic E-state index is -0.624. The quantitative estimate of drug-likeness (QED) is 0.579. The first kappa shape index (κ1) is 20.0. The van der Waals surface area contributed by atoms with E-state index >= 15 is 0 Å². The molecule has 0 spiro atoms. The molecule has 1 aromatic carbocycles. The van der Waals surface area contributed by atoms with Gasteiger partial charge in [-0.3, -0.25) is 9.69 Å². The predicted molar refractivity (Wildman–Crippen MR) is 110 cm³/mol. The number of carbonyl (C=O) groups excluding carboxylic acids is 2. The van der Waals surface area contributed by atoms with Gasteiger partial charge in [-0.25, -0.2) is 18.7 Å². The molecule has 4 rings (SSSR count). The number of hydrogen-bond acceptors (Lipinski definition) is 5. The number of halogens is 1. The van der Waals surface area contributed by atoms with Crippen molar-refractivity contribution in [1.29, 1.82) is 0 Å². The van der Waals surface area contributed by atoms with Crippen LogP contribution < -0.4 is 4.90 Å². The second-order valence-corrected chi connectivity index (χ2v) is 8.49. The summed E-state index contributed by atoms with van der Waals surface area (Å²) in [7, 11) is 0. The number of fused-ring (bicyclic) bond motifs is 1. The number of amides is 1. The zero-order valence-corrected chi connectivity index (χ0v) is 17.1. The van der Waals surface area contributed by atoms with Gasteiger partial charge in [-0.1, -0.05) is 6.07 Å². The molecule has 7 nitrogen and oxygen atoms in total. The third-order valence-electron chi connectivity index (χ3n) is 4.80. The lowest BCUT2D eigenvalue weighted by Gasteiger charge is -2.26. The van der Waals surface area contributed by atoms with Crippen LogP contribution in [0.5, 0.6) is 0 Å².